The number of rotatable bonds is 3. The lowest BCUT2D eigenvalue weighted by atomic mass is 10.1. The average molecular weight is 187 g/mol. The van der Waals surface area contributed by atoms with Gasteiger partial charge in [0.25, 0.3) is 0 Å². The summed E-state index contributed by atoms with van der Waals surface area (Å²) in [4.78, 5) is 10.2. The second-order valence-corrected chi connectivity index (χ2v) is 3.01. The minimum atomic E-state index is -0.637. The molecule has 0 fully saturated rings. The quantitative estimate of drug-likeness (QED) is 0.522. The van der Waals surface area contributed by atoms with Gasteiger partial charge in [-0.15, -0.1) is 11.6 Å². The smallest absolute Gasteiger partial charge is 0.138 e. The third kappa shape index (κ3) is 2.31. The Morgan fingerprint density at radius 2 is 2.17 bits per heavy atom. The van der Waals surface area contributed by atoms with Crippen LogP contribution in [0.5, 0.6) is 0 Å². The number of hydrogen-bond donors (Lipinski definition) is 0. The first-order valence-electron chi connectivity index (χ1n) is 3.57. The molecule has 0 amide bonds. The van der Waals surface area contributed by atoms with Crippen LogP contribution >= 0.6 is 11.6 Å². The van der Waals surface area contributed by atoms with Crippen molar-refractivity contribution in [1.82, 2.24) is 0 Å². The van der Waals surface area contributed by atoms with Crippen LogP contribution in [0.3, 0.4) is 0 Å². The van der Waals surface area contributed by atoms with Gasteiger partial charge in [-0.05, 0) is 18.1 Å². The van der Waals surface area contributed by atoms with Crippen LogP contribution in [-0.4, -0.2) is 11.7 Å². The van der Waals surface area contributed by atoms with Gasteiger partial charge in [0.1, 0.15) is 12.1 Å². The fourth-order valence-corrected chi connectivity index (χ4v) is 1.09. The van der Waals surface area contributed by atoms with E-state index in [9.17, 15) is 9.18 Å². The third-order valence-electron chi connectivity index (χ3n) is 1.52. The highest BCUT2D eigenvalue weighted by molar-refractivity contribution is 6.27. The van der Waals surface area contributed by atoms with Crippen LogP contribution in [0.2, 0.25) is 0 Å². The summed E-state index contributed by atoms with van der Waals surface area (Å²) in [7, 11) is 0. The first-order valence-corrected chi connectivity index (χ1v) is 4.00. The normalized spacial score (nSPS) is 12.5. The Hall–Kier alpha value is -0.890. The molecule has 0 aliphatic rings. The molecule has 1 rings (SSSR count). The van der Waals surface area contributed by atoms with E-state index in [1.165, 1.54) is 6.07 Å². The summed E-state index contributed by atoms with van der Waals surface area (Å²) in [6.45, 7) is 0. The number of halogens is 2. The Labute approximate surface area is 75.2 Å². The predicted octanol–water partition coefficient (Wildman–Crippen LogP) is 2.17. The summed E-state index contributed by atoms with van der Waals surface area (Å²) in [5, 5.41) is -0.637. The Morgan fingerprint density at radius 1 is 1.50 bits per heavy atom. The zero-order chi connectivity index (χ0) is 8.97. The van der Waals surface area contributed by atoms with Crippen molar-refractivity contribution < 1.29 is 9.18 Å². The van der Waals surface area contributed by atoms with Gasteiger partial charge in [0.2, 0.25) is 0 Å². The van der Waals surface area contributed by atoms with Crippen molar-refractivity contribution >= 4 is 17.9 Å². The number of benzene rings is 1. The van der Waals surface area contributed by atoms with Crippen LogP contribution < -0.4 is 0 Å². The van der Waals surface area contributed by atoms with Crippen molar-refractivity contribution in [2.45, 2.75) is 11.8 Å². The fraction of sp³-hybridized carbons (Fsp3) is 0.222. The van der Waals surface area contributed by atoms with Crippen LogP contribution in [0.4, 0.5) is 4.39 Å². The van der Waals surface area contributed by atoms with Crippen LogP contribution in [0.15, 0.2) is 24.3 Å². The molecule has 1 aromatic carbocycles. The molecule has 3 heteroatoms. The van der Waals surface area contributed by atoms with Gasteiger partial charge in [0, 0.05) is 0 Å². The monoisotopic (exact) mass is 186 g/mol. The van der Waals surface area contributed by atoms with E-state index in [-0.39, 0.29) is 12.2 Å². The van der Waals surface area contributed by atoms with Crippen LogP contribution in [0.25, 0.3) is 0 Å². The molecule has 0 heterocycles. The van der Waals surface area contributed by atoms with Gasteiger partial charge >= 0.3 is 0 Å². The molecule has 12 heavy (non-hydrogen) atoms. The maximum absolute atomic E-state index is 12.9. The second kappa shape index (κ2) is 4.21. The van der Waals surface area contributed by atoms with Gasteiger partial charge in [0.05, 0.1) is 5.38 Å². The summed E-state index contributed by atoms with van der Waals surface area (Å²) in [5.41, 5.74) is 0.476. The molecule has 0 N–H and O–H groups in total. The van der Waals surface area contributed by atoms with Gasteiger partial charge in [-0.2, -0.15) is 0 Å². The van der Waals surface area contributed by atoms with Gasteiger partial charge < -0.3 is 4.79 Å². The Balaban J connectivity index is 2.75. The van der Waals surface area contributed by atoms with E-state index in [0.29, 0.717) is 11.8 Å². The molecule has 64 valence electrons. The van der Waals surface area contributed by atoms with E-state index in [4.69, 9.17) is 11.6 Å². The molecule has 1 nitrogen and oxygen atoms in total. The summed E-state index contributed by atoms with van der Waals surface area (Å²) in [6, 6.07) is 6.29. The number of carbonyl (C=O) groups excluding carboxylic acids is 1. The maximum Gasteiger partial charge on any atom is 0.138 e. The molecule has 0 spiro atoms. The molecule has 0 aromatic heterocycles. The van der Waals surface area contributed by atoms with Crippen molar-refractivity contribution in [3.63, 3.8) is 0 Å². The van der Waals surface area contributed by atoms with Gasteiger partial charge in [-0.25, -0.2) is 4.39 Å². The van der Waals surface area contributed by atoms with E-state index < -0.39 is 5.38 Å². The fourth-order valence-electron chi connectivity index (χ4n) is 0.922. The predicted molar refractivity (Wildman–Crippen MR) is 45.8 cm³/mol. The van der Waals surface area contributed by atoms with Crippen LogP contribution in [0, 0.1) is 5.82 Å². The molecule has 0 aliphatic carbocycles. The van der Waals surface area contributed by atoms with E-state index in [2.05, 4.69) is 0 Å². The summed E-state index contributed by atoms with van der Waals surface area (Å²) < 4.78 is 12.9. The Bertz CT molecular complexity index is 275. The van der Waals surface area contributed by atoms with Crippen molar-refractivity contribution in [3.05, 3.63) is 35.6 Å². The highest BCUT2D eigenvalue weighted by atomic mass is 35.5. The molecule has 0 saturated heterocycles. The highest BCUT2D eigenvalue weighted by Crippen LogP contribution is 2.10. The Morgan fingerprint density at radius 3 is 2.75 bits per heavy atom. The van der Waals surface area contributed by atoms with E-state index >= 15 is 0 Å². The van der Waals surface area contributed by atoms with E-state index in [1.54, 1.807) is 18.2 Å². The van der Waals surface area contributed by atoms with Gasteiger partial charge in [-0.3, -0.25) is 0 Å². The lowest BCUT2D eigenvalue weighted by Crippen LogP contribution is -2.05. The molecule has 1 atom stereocenters. The van der Waals surface area contributed by atoms with Gasteiger partial charge in [0.15, 0.2) is 0 Å². The molecule has 1 unspecified atom stereocenters. The molecule has 0 bridgehead atoms. The molecule has 0 saturated carbocycles. The SMILES string of the molecule is O=CC(Cl)Cc1ccccc1F. The minimum Gasteiger partial charge on any atom is -0.302 e. The summed E-state index contributed by atoms with van der Waals surface area (Å²) in [6.07, 6.45) is 0.853. The number of hydrogen-bond acceptors (Lipinski definition) is 1. The van der Waals surface area contributed by atoms with Crippen LogP contribution in [0.1, 0.15) is 5.56 Å². The first-order chi connectivity index (χ1) is 5.74. The minimum absolute atomic E-state index is 0.248. The van der Waals surface area contributed by atoms with Crippen molar-refractivity contribution in [2.75, 3.05) is 0 Å². The largest absolute Gasteiger partial charge is 0.302 e. The number of aldehydes is 1. The second-order valence-electron chi connectivity index (χ2n) is 2.45. The number of carbonyl (C=O) groups is 1. The lowest BCUT2D eigenvalue weighted by molar-refractivity contribution is -0.107. The maximum atomic E-state index is 12.9. The van der Waals surface area contributed by atoms with Crippen molar-refractivity contribution in [1.29, 1.82) is 0 Å². The topological polar surface area (TPSA) is 17.1 Å². The molecular weight excluding hydrogens is 179 g/mol. The highest BCUT2D eigenvalue weighted by Gasteiger charge is 2.06. The third-order valence-corrected chi connectivity index (χ3v) is 1.78. The van der Waals surface area contributed by atoms with Crippen molar-refractivity contribution in [3.8, 4) is 0 Å². The molecule has 0 aliphatic heterocycles. The average Bonchev–Trinajstić information content (AvgIpc) is 2.09. The molecular formula is C9H8ClFO. The summed E-state index contributed by atoms with van der Waals surface area (Å²) >= 11 is 5.54. The van der Waals surface area contributed by atoms with E-state index in [1.807, 2.05) is 0 Å². The van der Waals surface area contributed by atoms with Crippen LogP contribution in [-0.2, 0) is 11.2 Å². The number of alkyl halides is 1. The summed E-state index contributed by atoms with van der Waals surface area (Å²) in [5.74, 6) is -0.315. The van der Waals surface area contributed by atoms with Crippen molar-refractivity contribution in [2.24, 2.45) is 0 Å². The molecule has 1 aromatic rings. The molecule has 0 radical (unpaired) electrons. The lowest BCUT2D eigenvalue weighted by Gasteiger charge is -2.02. The van der Waals surface area contributed by atoms with E-state index in [0.717, 1.165) is 0 Å². The standard InChI is InChI=1S/C9H8ClFO/c10-8(6-12)5-7-3-1-2-4-9(7)11/h1-4,6,8H,5H2. The zero-order valence-corrected chi connectivity index (χ0v) is 7.09. The van der Waals surface area contributed by atoms with Gasteiger partial charge in [-0.1, -0.05) is 18.2 Å². The Kier molecular flexibility index (Phi) is 3.23. The zero-order valence-electron chi connectivity index (χ0n) is 6.34. The first kappa shape index (κ1) is 9.20.